The highest BCUT2D eigenvalue weighted by molar-refractivity contribution is 7.26. The van der Waals surface area contributed by atoms with Crippen molar-refractivity contribution in [2.75, 3.05) is 33.4 Å². The van der Waals surface area contributed by atoms with Crippen molar-refractivity contribution in [1.82, 2.24) is 19.4 Å². The molecule has 2 atom stereocenters. The van der Waals surface area contributed by atoms with Gasteiger partial charge >= 0.3 is 5.69 Å². The molecule has 0 bridgehead atoms. The predicted octanol–water partition coefficient (Wildman–Crippen LogP) is 3.85. The SMILES string of the molecule is COc1cccc2c1[C@@H]1CN(CCCCn3c(=O)[nH]c4c(sc5c(Cl)nccc54)c3=O)C[C@H]1CO2. The van der Waals surface area contributed by atoms with Crippen molar-refractivity contribution >= 4 is 43.2 Å². The standard InChI is InChI=1S/C25H25ClN4O4S/c1-33-17-5-4-6-18-19(17)16-12-29(11-14(16)13-34-18)9-2-3-10-30-24(31)22-20(28-25(30)32)15-7-8-27-23(26)21(15)35-22/h4-8,14,16H,2-3,9-13H2,1H3,(H,28,32)/t14-,16+/m0/s1. The zero-order valence-electron chi connectivity index (χ0n) is 19.3. The van der Waals surface area contributed by atoms with Crippen LogP contribution in [0.3, 0.4) is 0 Å². The van der Waals surface area contributed by atoms with Gasteiger partial charge in [0.2, 0.25) is 0 Å². The molecular weight excluding hydrogens is 488 g/mol. The summed E-state index contributed by atoms with van der Waals surface area (Å²) < 4.78 is 14.1. The topological polar surface area (TPSA) is 89.5 Å². The second-order valence-electron chi connectivity index (χ2n) is 9.19. The molecule has 2 aliphatic heterocycles. The minimum Gasteiger partial charge on any atom is -0.496 e. The molecule has 2 aliphatic rings. The Morgan fingerprint density at radius 3 is 2.91 bits per heavy atom. The van der Waals surface area contributed by atoms with Gasteiger partial charge in [0.25, 0.3) is 5.56 Å². The molecule has 182 valence electrons. The first-order chi connectivity index (χ1) is 17.0. The molecule has 0 aliphatic carbocycles. The Bertz CT molecular complexity index is 1530. The van der Waals surface area contributed by atoms with Crippen LogP contribution >= 0.6 is 22.9 Å². The maximum atomic E-state index is 13.1. The average Bonchev–Trinajstić information content (AvgIpc) is 3.45. The van der Waals surface area contributed by atoms with Gasteiger partial charge in [-0.1, -0.05) is 17.7 Å². The lowest BCUT2D eigenvalue weighted by Gasteiger charge is -2.29. The van der Waals surface area contributed by atoms with E-state index in [1.807, 2.05) is 18.2 Å². The van der Waals surface area contributed by atoms with Crippen LogP contribution in [-0.4, -0.2) is 52.8 Å². The number of nitrogens with one attached hydrogen (secondary N) is 1. The summed E-state index contributed by atoms with van der Waals surface area (Å²) in [5.74, 6) is 2.67. The molecule has 0 spiro atoms. The number of rotatable bonds is 6. The van der Waals surface area contributed by atoms with E-state index in [1.165, 1.54) is 21.5 Å². The monoisotopic (exact) mass is 512 g/mol. The predicted molar refractivity (Wildman–Crippen MR) is 137 cm³/mol. The van der Waals surface area contributed by atoms with Gasteiger partial charge in [-0.15, -0.1) is 11.3 Å². The van der Waals surface area contributed by atoms with E-state index in [9.17, 15) is 9.59 Å². The Morgan fingerprint density at radius 2 is 2.06 bits per heavy atom. The van der Waals surface area contributed by atoms with E-state index < -0.39 is 0 Å². The van der Waals surface area contributed by atoms with Gasteiger partial charge in [-0.3, -0.25) is 9.36 Å². The molecule has 6 rings (SSSR count). The number of aromatic amines is 1. The zero-order valence-corrected chi connectivity index (χ0v) is 20.8. The van der Waals surface area contributed by atoms with Crippen molar-refractivity contribution in [3.8, 4) is 11.5 Å². The lowest BCUT2D eigenvalue weighted by Crippen LogP contribution is -2.34. The lowest BCUT2D eigenvalue weighted by molar-refractivity contribution is 0.209. The lowest BCUT2D eigenvalue weighted by atomic mass is 9.86. The van der Waals surface area contributed by atoms with Gasteiger partial charge in [0.05, 0.1) is 23.9 Å². The number of hydrogen-bond donors (Lipinski definition) is 1. The Kier molecular flexibility index (Phi) is 5.78. The number of methoxy groups -OCH3 is 1. The fraction of sp³-hybridized carbons (Fsp3) is 0.400. The van der Waals surface area contributed by atoms with Gasteiger partial charge in [0.15, 0.2) is 0 Å². The zero-order chi connectivity index (χ0) is 24.1. The van der Waals surface area contributed by atoms with Crippen molar-refractivity contribution in [2.45, 2.75) is 25.3 Å². The van der Waals surface area contributed by atoms with Gasteiger partial charge in [-0.05, 0) is 37.6 Å². The van der Waals surface area contributed by atoms with Gasteiger partial charge in [0.1, 0.15) is 21.4 Å². The molecule has 0 unspecified atom stereocenters. The molecule has 35 heavy (non-hydrogen) atoms. The maximum Gasteiger partial charge on any atom is 0.328 e. The van der Waals surface area contributed by atoms with Crippen molar-refractivity contribution in [3.05, 3.63) is 62.0 Å². The van der Waals surface area contributed by atoms with Gasteiger partial charge in [-0.2, -0.15) is 0 Å². The number of benzene rings is 1. The summed E-state index contributed by atoms with van der Waals surface area (Å²) in [6.45, 7) is 3.96. The van der Waals surface area contributed by atoms with E-state index in [1.54, 1.807) is 19.4 Å². The number of fused-ring (bicyclic) bond motifs is 6. The summed E-state index contributed by atoms with van der Waals surface area (Å²) in [6, 6.07) is 7.76. The smallest absolute Gasteiger partial charge is 0.328 e. The third-order valence-corrected chi connectivity index (χ3v) is 8.77. The number of nitrogens with zero attached hydrogens (tertiary/aromatic N) is 3. The molecule has 0 saturated carbocycles. The van der Waals surface area contributed by atoms with Gasteiger partial charge in [-0.25, -0.2) is 9.78 Å². The van der Waals surface area contributed by atoms with Crippen LogP contribution in [0.5, 0.6) is 11.5 Å². The molecular formula is C25H25ClN4O4S. The molecule has 1 N–H and O–H groups in total. The van der Waals surface area contributed by atoms with E-state index in [-0.39, 0.29) is 11.2 Å². The first-order valence-corrected chi connectivity index (χ1v) is 13.0. The van der Waals surface area contributed by atoms with Gasteiger partial charge < -0.3 is 19.4 Å². The summed E-state index contributed by atoms with van der Waals surface area (Å²) in [6.07, 6.45) is 3.21. The highest BCUT2D eigenvalue weighted by Gasteiger charge is 2.40. The van der Waals surface area contributed by atoms with Crippen LogP contribution in [0.1, 0.15) is 24.3 Å². The number of thiophene rings is 1. The molecule has 1 saturated heterocycles. The van der Waals surface area contributed by atoms with Crippen LogP contribution in [-0.2, 0) is 6.54 Å². The molecule has 8 nitrogen and oxygen atoms in total. The molecule has 3 aromatic heterocycles. The van der Waals surface area contributed by atoms with E-state index in [0.29, 0.717) is 38.5 Å². The number of pyridine rings is 1. The minimum atomic E-state index is -0.386. The van der Waals surface area contributed by atoms with E-state index in [2.05, 4.69) is 14.9 Å². The van der Waals surface area contributed by atoms with Crippen LogP contribution in [0.15, 0.2) is 40.1 Å². The van der Waals surface area contributed by atoms with Crippen molar-refractivity contribution in [1.29, 1.82) is 0 Å². The third-order valence-electron chi connectivity index (χ3n) is 7.17. The number of likely N-dealkylation sites (tertiary alicyclic amines) is 1. The Labute approximate surface area is 210 Å². The fourth-order valence-corrected chi connectivity index (χ4v) is 6.85. The normalized spacial score (nSPS) is 19.6. The molecule has 1 fully saturated rings. The number of aromatic nitrogens is 3. The number of H-pyrrole nitrogens is 1. The van der Waals surface area contributed by atoms with E-state index >= 15 is 0 Å². The van der Waals surface area contributed by atoms with Crippen LogP contribution in [0.2, 0.25) is 5.15 Å². The summed E-state index contributed by atoms with van der Waals surface area (Å²) >= 11 is 7.47. The Balaban J connectivity index is 1.13. The first kappa shape index (κ1) is 22.6. The van der Waals surface area contributed by atoms with Crippen molar-refractivity contribution < 1.29 is 9.47 Å². The van der Waals surface area contributed by atoms with Crippen LogP contribution in [0.25, 0.3) is 20.3 Å². The van der Waals surface area contributed by atoms with Crippen LogP contribution in [0.4, 0.5) is 0 Å². The molecule has 0 amide bonds. The van der Waals surface area contributed by atoms with Crippen molar-refractivity contribution in [2.24, 2.45) is 5.92 Å². The maximum absolute atomic E-state index is 13.1. The molecule has 10 heteroatoms. The summed E-state index contributed by atoms with van der Waals surface area (Å²) in [5, 5.41) is 1.09. The summed E-state index contributed by atoms with van der Waals surface area (Å²) in [5.41, 5.74) is 1.06. The molecule has 1 aromatic carbocycles. The summed E-state index contributed by atoms with van der Waals surface area (Å²) in [4.78, 5) is 35.2. The average molecular weight is 513 g/mol. The highest BCUT2D eigenvalue weighted by atomic mass is 35.5. The number of unbranched alkanes of at least 4 members (excludes halogenated alkanes) is 1. The first-order valence-electron chi connectivity index (χ1n) is 11.8. The second-order valence-corrected chi connectivity index (χ2v) is 10.6. The highest BCUT2D eigenvalue weighted by Crippen LogP contribution is 2.46. The quantitative estimate of drug-likeness (QED) is 0.312. The van der Waals surface area contributed by atoms with Crippen molar-refractivity contribution in [3.63, 3.8) is 0 Å². The molecule has 4 aromatic rings. The van der Waals surface area contributed by atoms with Crippen LogP contribution in [0, 0.1) is 5.92 Å². The van der Waals surface area contributed by atoms with E-state index in [0.717, 1.165) is 56.0 Å². The van der Waals surface area contributed by atoms with E-state index in [4.69, 9.17) is 21.1 Å². The third kappa shape index (κ3) is 3.82. The molecule has 5 heterocycles. The number of hydrogen-bond acceptors (Lipinski definition) is 7. The van der Waals surface area contributed by atoms with Gasteiger partial charge in [0, 0.05) is 48.6 Å². The van der Waals surface area contributed by atoms with Crippen LogP contribution < -0.4 is 20.7 Å². The molecule has 0 radical (unpaired) electrons. The minimum absolute atomic E-state index is 0.269. The summed E-state index contributed by atoms with van der Waals surface area (Å²) in [7, 11) is 1.71. The largest absolute Gasteiger partial charge is 0.496 e. The second kappa shape index (κ2) is 8.96. The number of ether oxygens (including phenoxy) is 2. The fourth-order valence-electron chi connectivity index (χ4n) is 5.49. The Morgan fingerprint density at radius 1 is 1.20 bits per heavy atom. The Hall–Kier alpha value is -2.88. The number of halogens is 1.